The number of carboxylic acid groups (broad SMARTS) is 1. The van der Waals surface area contributed by atoms with E-state index in [0.29, 0.717) is 5.41 Å². The van der Waals surface area contributed by atoms with Crippen LogP contribution >= 0.6 is 0 Å². The summed E-state index contributed by atoms with van der Waals surface area (Å²) < 4.78 is 0. The zero-order valence-electron chi connectivity index (χ0n) is 9.54. The summed E-state index contributed by atoms with van der Waals surface area (Å²) in [7, 11) is 0. The topological polar surface area (TPSA) is 40.5 Å². The van der Waals surface area contributed by atoms with E-state index in [-0.39, 0.29) is 6.04 Å². The van der Waals surface area contributed by atoms with Crippen molar-refractivity contribution in [3.63, 3.8) is 0 Å². The second-order valence-corrected chi connectivity index (χ2v) is 5.30. The Hall–Kier alpha value is -0.570. The van der Waals surface area contributed by atoms with E-state index in [2.05, 4.69) is 4.90 Å². The van der Waals surface area contributed by atoms with Crippen LogP contribution in [0.5, 0.6) is 0 Å². The molecule has 1 aliphatic carbocycles. The van der Waals surface area contributed by atoms with Gasteiger partial charge in [-0.05, 0) is 38.1 Å². The normalized spacial score (nSPS) is 28.1. The highest BCUT2D eigenvalue weighted by molar-refractivity contribution is 5.72. The van der Waals surface area contributed by atoms with Crippen molar-refractivity contribution >= 4 is 5.97 Å². The fraction of sp³-hybridized carbons (Fsp3) is 0.917. The molecule has 1 atom stereocenters. The largest absolute Gasteiger partial charge is 0.480 e. The highest BCUT2D eigenvalue weighted by Crippen LogP contribution is 2.44. The van der Waals surface area contributed by atoms with Gasteiger partial charge in [-0.15, -0.1) is 0 Å². The van der Waals surface area contributed by atoms with Crippen molar-refractivity contribution in [2.45, 2.75) is 51.5 Å². The molecule has 1 unspecified atom stereocenters. The molecule has 15 heavy (non-hydrogen) atoms. The molecule has 2 aliphatic rings. The van der Waals surface area contributed by atoms with Gasteiger partial charge in [-0.3, -0.25) is 9.69 Å². The Bertz CT molecular complexity index is 246. The van der Waals surface area contributed by atoms with Gasteiger partial charge in [0, 0.05) is 6.54 Å². The van der Waals surface area contributed by atoms with Crippen molar-refractivity contribution in [1.82, 2.24) is 4.90 Å². The first-order valence-electron chi connectivity index (χ1n) is 6.10. The molecule has 3 heteroatoms. The highest BCUT2D eigenvalue weighted by Gasteiger charge is 2.41. The molecule has 2 rings (SSSR count). The molecule has 0 aromatic carbocycles. The third-order valence-electron chi connectivity index (χ3n) is 4.29. The molecule has 1 saturated carbocycles. The Labute approximate surface area is 91.5 Å². The van der Waals surface area contributed by atoms with Crippen LogP contribution in [0, 0.1) is 5.41 Å². The molecule has 1 aliphatic heterocycles. The standard InChI is InChI=1S/C12H21NO2/c1-10(11(14)15)13-8-7-12(9-13)5-3-2-4-6-12/h10H,2-9H2,1H3,(H,14,15). The molecule has 1 heterocycles. The number of nitrogens with zero attached hydrogens (tertiary/aromatic N) is 1. The SMILES string of the molecule is CC(C(=O)O)N1CCC2(CCCCC2)C1. The van der Waals surface area contributed by atoms with Crippen LogP contribution < -0.4 is 0 Å². The van der Waals surface area contributed by atoms with Crippen molar-refractivity contribution < 1.29 is 9.90 Å². The average Bonchev–Trinajstić information content (AvgIpc) is 2.62. The summed E-state index contributed by atoms with van der Waals surface area (Å²) in [6, 6.07) is -0.300. The van der Waals surface area contributed by atoms with Gasteiger partial charge in [0.15, 0.2) is 0 Å². The van der Waals surface area contributed by atoms with Crippen LogP contribution in [-0.4, -0.2) is 35.1 Å². The maximum atomic E-state index is 10.9. The molecule has 1 spiro atoms. The quantitative estimate of drug-likeness (QED) is 0.760. The molecule has 2 fully saturated rings. The Morgan fingerprint density at radius 3 is 2.53 bits per heavy atom. The first kappa shape index (κ1) is 10.9. The van der Waals surface area contributed by atoms with Gasteiger partial charge in [-0.2, -0.15) is 0 Å². The lowest BCUT2D eigenvalue weighted by Crippen LogP contribution is -2.39. The fourth-order valence-corrected chi connectivity index (χ4v) is 3.17. The minimum Gasteiger partial charge on any atom is -0.480 e. The lowest BCUT2D eigenvalue weighted by molar-refractivity contribution is -0.142. The van der Waals surface area contributed by atoms with E-state index in [9.17, 15) is 4.79 Å². The van der Waals surface area contributed by atoms with Crippen LogP contribution in [0.1, 0.15) is 45.4 Å². The van der Waals surface area contributed by atoms with E-state index in [4.69, 9.17) is 5.11 Å². The van der Waals surface area contributed by atoms with Gasteiger partial charge in [-0.25, -0.2) is 0 Å². The van der Waals surface area contributed by atoms with Crippen molar-refractivity contribution in [2.75, 3.05) is 13.1 Å². The van der Waals surface area contributed by atoms with Gasteiger partial charge in [0.25, 0.3) is 0 Å². The van der Waals surface area contributed by atoms with Gasteiger partial charge in [0.2, 0.25) is 0 Å². The number of carboxylic acids is 1. The molecular formula is C12H21NO2. The second kappa shape index (κ2) is 4.12. The summed E-state index contributed by atoms with van der Waals surface area (Å²) in [4.78, 5) is 13.1. The maximum Gasteiger partial charge on any atom is 0.320 e. The Morgan fingerprint density at radius 1 is 1.27 bits per heavy atom. The molecule has 0 bridgehead atoms. The zero-order chi connectivity index (χ0) is 10.9. The number of hydrogen-bond acceptors (Lipinski definition) is 2. The van der Waals surface area contributed by atoms with Gasteiger partial charge in [-0.1, -0.05) is 19.3 Å². The summed E-state index contributed by atoms with van der Waals surface area (Å²) in [6.07, 6.45) is 7.90. The summed E-state index contributed by atoms with van der Waals surface area (Å²) >= 11 is 0. The average molecular weight is 211 g/mol. The molecule has 1 saturated heterocycles. The first-order valence-corrected chi connectivity index (χ1v) is 6.10. The lowest BCUT2D eigenvalue weighted by atomic mass is 9.73. The third kappa shape index (κ3) is 2.17. The first-order chi connectivity index (χ1) is 7.13. The summed E-state index contributed by atoms with van der Waals surface area (Å²) in [5.74, 6) is -0.678. The minimum absolute atomic E-state index is 0.300. The molecule has 0 amide bonds. The molecule has 1 N–H and O–H groups in total. The van der Waals surface area contributed by atoms with Crippen molar-refractivity contribution in [1.29, 1.82) is 0 Å². The smallest absolute Gasteiger partial charge is 0.320 e. The van der Waals surface area contributed by atoms with Crippen molar-refractivity contribution in [2.24, 2.45) is 5.41 Å². The predicted octanol–water partition coefficient (Wildman–Crippen LogP) is 2.12. The summed E-state index contributed by atoms with van der Waals surface area (Å²) in [5.41, 5.74) is 0.474. The van der Waals surface area contributed by atoms with Crippen molar-refractivity contribution in [3.8, 4) is 0 Å². The summed E-state index contributed by atoms with van der Waals surface area (Å²) in [5, 5.41) is 8.99. The predicted molar refractivity (Wildman–Crippen MR) is 58.8 cm³/mol. The van der Waals surface area contributed by atoms with Gasteiger partial charge in [0.1, 0.15) is 6.04 Å². The number of rotatable bonds is 2. The van der Waals surface area contributed by atoms with E-state index in [1.165, 1.54) is 38.5 Å². The van der Waals surface area contributed by atoms with Gasteiger partial charge < -0.3 is 5.11 Å². The van der Waals surface area contributed by atoms with Gasteiger partial charge in [0.05, 0.1) is 0 Å². The number of likely N-dealkylation sites (tertiary alicyclic amines) is 1. The number of aliphatic carboxylic acids is 1. The van der Waals surface area contributed by atoms with E-state index >= 15 is 0 Å². The van der Waals surface area contributed by atoms with Crippen LogP contribution in [-0.2, 0) is 4.79 Å². The molecule has 0 aromatic rings. The van der Waals surface area contributed by atoms with E-state index in [0.717, 1.165) is 13.1 Å². The zero-order valence-corrected chi connectivity index (χ0v) is 9.54. The van der Waals surface area contributed by atoms with Crippen LogP contribution in [0.4, 0.5) is 0 Å². The van der Waals surface area contributed by atoms with Crippen LogP contribution in [0.25, 0.3) is 0 Å². The van der Waals surface area contributed by atoms with E-state index < -0.39 is 5.97 Å². The van der Waals surface area contributed by atoms with Crippen molar-refractivity contribution in [3.05, 3.63) is 0 Å². The monoisotopic (exact) mass is 211 g/mol. The lowest BCUT2D eigenvalue weighted by Gasteiger charge is -2.34. The number of carbonyl (C=O) groups is 1. The van der Waals surface area contributed by atoms with Crippen LogP contribution in [0.15, 0.2) is 0 Å². The Kier molecular flexibility index (Phi) is 3.01. The molecule has 86 valence electrons. The second-order valence-electron chi connectivity index (χ2n) is 5.30. The molecule has 3 nitrogen and oxygen atoms in total. The third-order valence-corrected chi connectivity index (χ3v) is 4.29. The van der Waals surface area contributed by atoms with Crippen LogP contribution in [0.3, 0.4) is 0 Å². The van der Waals surface area contributed by atoms with E-state index in [1.54, 1.807) is 0 Å². The minimum atomic E-state index is -0.678. The van der Waals surface area contributed by atoms with Crippen LogP contribution in [0.2, 0.25) is 0 Å². The number of hydrogen-bond donors (Lipinski definition) is 1. The van der Waals surface area contributed by atoms with E-state index in [1.807, 2.05) is 6.92 Å². The highest BCUT2D eigenvalue weighted by atomic mass is 16.4. The Balaban J connectivity index is 1.96. The summed E-state index contributed by atoms with van der Waals surface area (Å²) in [6.45, 7) is 3.80. The molecule has 0 aromatic heterocycles. The molecular weight excluding hydrogens is 190 g/mol. The van der Waals surface area contributed by atoms with Gasteiger partial charge >= 0.3 is 5.97 Å². The molecule has 0 radical (unpaired) electrons. The Morgan fingerprint density at radius 2 is 1.93 bits per heavy atom. The fourth-order valence-electron chi connectivity index (χ4n) is 3.17. The maximum absolute atomic E-state index is 10.9.